The van der Waals surface area contributed by atoms with Gasteiger partial charge in [-0.05, 0) is 18.6 Å². The summed E-state index contributed by atoms with van der Waals surface area (Å²) in [6.45, 7) is 1.69. The van der Waals surface area contributed by atoms with Crippen LogP contribution in [0.4, 0.5) is 0 Å². The summed E-state index contributed by atoms with van der Waals surface area (Å²) >= 11 is 0. The predicted octanol–water partition coefficient (Wildman–Crippen LogP) is 1.29. The van der Waals surface area contributed by atoms with Crippen LogP contribution in [0.1, 0.15) is 23.9 Å². The lowest BCUT2D eigenvalue weighted by Crippen LogP contribution is -2.37. The Hall–Kier alpha value is -2.14. The highest BCUT2D eigenvalue weighted by molar-refractivity contribution is 5.93. The van der Waals surface area contributed by atoms with Crippen LogP contribution < -0.4 is 10.7 Å². The van der Waals surface area contributed by atoms with Gasteiger partial charge < -0.3 is 14.8 Å². The molecular weight excluding hydrogens is 246 g/mol. The van der Waals surface area contributed by atoms with E-state index in [0.29, 0.717) is 17.4 Å². The minimum absolute atomic E-state index is 0.0457. The second-order valence-corrected chi connectivity index (χ2v) is 4.23. The van der Waals surface area contributed by atoms with Crippen LogP contribution in [0.15, 0.2) is 39.5 Å². The zero-order chi connectivity index (χ0) is 13.8. The molecule has 0 bridgehead atoms. The molecule has 1 aromatic carbocycles. The molecule has 0 radical (unpaired) electrons. The summed E-state index contributed by atoms with van der Waals surface area (Å²) in [6, 6.07) is 7.57. The molecule has 0 saturated heterocycles. The third-order valence-corrected chi connectivity index (χ3v) is 2.91. The van der Waals surface area contributed by atoms with E-state index in [1.54, 1.807) is 24.3 Å². The highest BCUT2D eigenvalue weighted by Gasteiger charge is 2.15. The number of hydrogen-bond donors (Lipinski definition) is 2. The van der Waals surface area contributed by atoms with Gasteiger partial charge in [-0.15, -0.1) is 0 Å². The molecule has 19 heavy (non-hydrogen) atoms. The van der Waals surface area contributed by atoms with Crippen LogP contribution in [-0.2, 0) is 0 Å². The fourth-order valence-corrected chi connectivity index (χ4v) is 1.75. The number of aliphatic hydroxyl groups is 1. The van der Waals surface area contributed by atoms with E-state index in [4.69, 9.17) is 9.52 Å². The van der Waals surface area contributed by atoms with Crippen molar-refractivity contribution in [2.45, 2.75) is 19.4 Å². The van der Waals surface area contributed by atoms with Crippen molar-refractivity contribution in [3.05, 3.63) is 46.3 Å². The molecule has 1 amide bonds. The van der Waals surface area contributed by atoms with Crippen LogP contribution >= 0.6 is 0 Å². The van der Waals surface area contributed by atoms with Crippen LogP contribution in [0.2, 0.25) is 0 Å². The molecule has 1 aromatic heterocycles. The zero-order valence-electron chi connectivity index (χ0n) is 10.6. The minimum Gasteiger partial charge on any atom is -0.451 e. The summed E-state index contributed by atoms with van der Waals surface area (Å²) in [5.74, 6) is -0.542. The lowest BCUT2D eigenvalue weighted by atomic mass is 10.2. The largest absolute Gasteiger partial charge is 0.451 e. The molecule has 1 unspecified atom stereocenters. The van der Waals surface area contributed by atoms with Crippen molar-refractivity contribution < 1.29 is 14.3 Å². The summed E-state index contributed by atoms with van der Waals surface area (Å²) in [4.78, 5) is 23.8. The molecule has 1 atom stereocenters. The summed E-state index contributed by atoms with van der Waals surface area (Å²) in [5.41, 5.74) is 0.112. The fourth-order valence-electron chi connectivity index (χ4n) is 1.75. The third-order valence-electron chi connectivity index (χ3n) is 2.91. The van der Waals surface area contributed by atoms with Crippen LogP contribution in [0.3, 0.4) is 0 Å². The van der Waals surface area contributed by atoms with Crippen molar-refractivity contribution in [2.75, 3.05) is 6.61 Å². The third kappa shape index (κ3) is 2.82. The predicted molar refractivity (Wildman–Crippen MR) is 71.1 cm³/mol. The van der Waals surface area contributed by atoms with Crippen molar-refractivity contribution in [3.8, 4) is 0 Å². The maximum atomic E-state index is 11.9. The lowest BCUT2D eigenvalue weighted by Gasteiger charge is -2.13. The molecule has 2 aromatic rings. The molecule has 0 aliphatic carbocycles. The van der Waals surface area contributed by atoms with Gasteiger partial charge in [-0.2, -0.15) is 0 Å². The monoisotopic (exact) mass is 261 g/mol. The van der Waals surface area contributed by atoms with Gasteiger partial charge in [0.25, 0.3) is 5.91 Å². The molecule has 0 saturated carbocycles. The normalized spacial score (nSPS) is 12.3. The Morgan fingerprint density at radius 1 is 1.42 bits per heavy atom. The van der Waals surface area contributed by atoms with E-state index in [2.05, 4.69) is 5.32 Å². The highest BCUT2D eigenvalue weighted by atomic mass is 16.3. The van der Waals surface area contributed by atoms with Crippen molar-refractivity contribution >= 4 is 16.9 Å². The van der Waals surface area contributed by atoms with Crippen LogP contribution in [0, 0.1) is 0 Å². The van der Waals surface area contributed by atoms with E-state index >= 15 is 0 Å². The number of carbonyl (C=O) groups is 1. The number of benzene rings is 1. The van der Waals surface area contributed by atoms with E-state index in [1.165, 1.54) is 6.07 Å². The second-order valence-electron chi connectivity index (χ2n) is 4.23. The van der Waals surface area contributed by atoms with E-state index in [9.17, 15) is 9.59 Å². The minimum atomic E-state index is -0.497. The number of carbonyl (C=O) groups excluding carboxylic acids is 1. The van der Waals surface area contributed by atoms with Crippen molar-refractivity contribution in [2.24, 2.45) is 0 Å². The quantitative estimate of drug-likeness (QED) is 0.869. The fraction of sp³-hybridized carbons (Fsp3) is 0.286. The van der Waals surface area contributed by atoms with E-state index in [0.717, 1.165) is 0 Å². The van der Waals surface area contributed by atoms with Gasteiger partial charge in [0.15, 0.2) is 11.2 Å². The van der Waals surface area contributed by atoms with Gasteiger partial charge in [0.2, 0.25) is 0 Å². The van der Waals surface area contributed by atoms with Crippen LogP contribution in [0.5, 0.6) is 0 Å². The van der Waals surface area contributed by atoms with E-state index < -0.39 is 5.91 Å². The van der Waals surface area contributed by atoms with E-state index in [1.807, 2.05) is 6.92 Å². The van der Waals surface area contributed by atoms with Gasteiger partial charge in [-0.3, -0.25) is 9.59 Å². The number of rotatable bonds is 4. The molecule has 2 N–H and O–H groups in total. The van der Waals surface area contributed by atoms with Crippen molar-refractivity contribution in [1.82, 2.24) is 5.32 Å². The van der Waals surface area contributed by atoms with Crippen molar-refractivity contribution in [3.63, 3.8) is 0 Å². The second kappa shape index (κ2) is 5.67. The summed E-state index contributed by atoms with van der Waals surface area (Å²) in [5, 5.41) is 12.1. The molecule has 0 fully saturated rings. The Balaban J connectivity index is 2.35. The van der Waals surface area contributed by atoms with Gasteiger partial charge in [0, 0.05) is 6.07 Å². The maximum Gasteiger partial charge on any atom is 0.287 e. The first-order valence-electron chi connectivity index (χ1n) is 6.10. The van der Waals surface area contributed by atoms with E-state index in [-0.39, 0.29) is 23.8 Å². The zero-order valence-corrected chi connectivity index (χ0v) is 10.6. The first-order valence-corrected chi connectivity index (χ1v) is 6.10. The molecule has 100 valence electrons. The molecule has 5 heteroatoms. The molecular formula is C14H15NO4. The molecule has 1 heterocycles. The molecule has 0 aliphatic heterocycles. The van der Waals surface area contributed by atoms with Gasteiger partial charge in [0.05, 0.1) is 18.0 Å². The van der Waals surface area contributed by atoms with Gasteiger partial charge >= 0.3 is 0 Å². The highest BCUT2D eigenvalue weighted by Crippen LogP contribution is 2.11. The number of aliphatic hydroxyl groups excluding tert-OH is 1. The maximum absolute atomic E-state index is 11.9. The Morgan fingerprint density at radius 3 is 2.84 bits per heavy atom. The average molecular weight is 261 g/mol. The lowest BCUT2D eigenvalue weighted by molar-refractivity contribution is 0.0887. The molecule has 0 spiro atoms. The SMILES string of the molecule is CCC(CO)NC(=O)c1cc(=O)c2ccccc2o1. The smallest absolute Gasteiger partial charge is 0.287 e. The molecule has 5 nitrogen and oxygen atoms in total. The summed E-state index contributed by atoms with van der Waals surface area (Å²) in [7, 11) is 0. The Kier molecular flexibility index (Phi) is 3.97. The topological polar surface area (TPSA) is 79.5 Å². The van der Waals surface area contributed by atoms with Gasteiger partial charge in [-0.25, -0.2) is 0 Å². The molecule has 2 rings (SSSR count). The van der Waals surface area contributed by atoms with Crippen LogP contribution in [-0.4, -0.2) is 23.7 Å². The van der Waals surface area contributed by atoms with Crippen molar-refractivity contribution in [1.29, 1.82) is 0 Å². The first kappa shape index (κ1) is 13.3. The number of amides is 1. The Morgan fingerprint density at radius 2 is 2.16 bits per heavy atom. The summed E-state index contributed by atoms with van der Waals surface area (Å²) in [6.07, 6.45) is 0.597. The number of hydrogen-bond acceptors (Lipinski definition) is 4. The van der Waals surface area contributed by atoms with Gasteiger partial charge in [0.1, 0.15) is 5.58 Å². The Labute approximate surface area is 109 Å². The van der Waals surface area contributed by atoms with Crippen LogP contribution in [0.25, 0.3) is 11.0 Å². The standard InChI is InChI=1S/C14H15NO4/c1-2-9(8-16)15-14(18)13-7-11(17)10-5-3-4-6-12(10)19-13/h3-7,9,16H,2,8H2,1H3,(H,15,18). The van der Waals surface area contributed by atoms with Gasteiger partial charge in [-0.1, -0.05) is 19.1 Å². The number of fused-ring (bicyclic) bond motifs is 1. The Bertz CT molecular complexity index is 643. The number of nitrogens with one attached hydrogen (secondary N) is 1. The first-order chi connectivity index (χ1) is 9.15. The summed E-state index contributed by atoms with van der Waals surface area (Å²) < 4.78 is 5.40. The number of para-hydroxylation sites is 1. The molecule has 0 aliphatic rings. The average Bonchev–Trinajstić information content (AvgIpc) is 2.44.